The van der Waals surface area contributed by atoms with Crippen molar-refractivity contribution in [2.45, 2.75) is 6.92 Å². The van der Waals surface area contributed by atoms with Crippen LogP contribution < -0.4 is 15.0 Å². The number of methoxy groups -OCH3 is 1. The molecule has 0 saturated heterocycles. The first-order valence-electron chi connectivity index (χ1n) is 6.20. The van der Waals surface area contributed by atoms with E-state index in [1.165, 1.54) is 0 Å². The zero-order valence-electron chi connectivity index (χ0n) is 11.6. The highest BCUT2D eigenvalue weighted by Crippen LogP contribution is 2.16. The van der Waals surface area contributed by atoms with Crippen molar-refractivity contribution in [3.63, 3.8) is 0 Å². The highest BCUT2D eigenvalue weighted by molar-refractivity contribution is 5.91. The van der Waals surface area contributed by atoms with Crippen LogP contribution in [0.15, 0.2) is 24.3 Å². The van der Waals surface area contributed by atoms with Crippen LogP contribution in [0, 0.1) is 17.2 Å². The van der Waals surface area contributed by atoms with Gasteiger partial charge < -0.3 is 15.0 Å². The lowest BCUT2D eigenvalue weighted by atomic mass is 10.2. The maximum absolute atomic E-state index is 11.8. The normalized spacial score (nSPS) is 13.2. The first kappa shape index (κ1) is 15.0. The van der Waals surface area contributed by atoms with Crippen LogP contribution >= 0.6 is 0 Å². The molecule has 5 nitrogen and oxygen atoms in total. The first-order valence-corrected chi connectivity index (χ1v) is 6.20. The quantitative estimate of drug-likeness (QED) is 0.775. The van der Waals surface area contributed by atoms with Crippen molar-refractivity contribution in [3.8, 4) is 11.8 Å². The minimum absolute atomic E-state index is 0.0513. The summed E-state index contributed by atoms with van der Waals surface area (Å²) in [5, 5.41) is 11.5. The van der Waals surface area contributed by atoms with Gasteiger partial charge in [0.15, 0.2) is 6.54 Å². The summed E-state index contributed by atoms with van der Waals surface area (Å²) in [5.41, 5.74) is 0.713. The Balaban J connectivity index is 2.48. The average Bonchev–Trinajstić information content (AvgIpc) is 2.38. The summed E-state index contributed by atoms with van der Waals surface area (Å²) < 4.78 is 5.09. The van der Waals surface area contributed by atoms with E-state index in [1.54, 1.807) is 13.2 Å². The molecule has 1 aromatic rings. The lowest BCUT2D eigenvalue weighted by Gasteiger charge is -2.14. The van der Waals surface area contributed by atoms with Gasteiger partial charge in [0.25, 0.3) is 5.91 Å². The molecule has 102 valence electrons. The Morgan fingerprint density at radius 1 is 1.58 bits per heavy atom. The lowest BCUT2D eigenvalue weighted by Crippen LogP contribution is -3.10. The van der Waals surface area contributed by atoms with E-state index < -0.39 is 0 Å². The van der Waals surface area contributed by atoms with Crippen LogP contribution in [0.25, 0.3) is 0 Å². The number of amides is 1. The Hall–Kier alpha value is -2.06. The summed E-state index contributed by atoms with van der Waals surface area (Å²) in [6.45, 7) is 2.84. The van der Waals surface area contributed by atoms with Gasteiger partial charge >= 0.3 is 0 Å². The number of hydrogen-bond acceptors (Lipinski definition) is 3. The van der Waals surface area contributed by atoms with Crippen molar-refractivity contribution in [2.75, 3.05) is 32.6 Å². The van der Waals surface area contributed by atoms with E-state index in [0.29, 0.717) is 24.5 Å². The second-order valence-electron chi connectivity index (χ2n) is 4.65. The number of quaternary nitrogens is 1. The minimum atomic E-state index is -0.0732. The van der Waals surface area contributed by atoms with Gasteiger partial charge in [0.05, 0.1) is 32.7 Å². The van der Waals surface area contributed by atoms with Crippen molar-refractivity contribution >= 4 is 11.6 Å². The molecule has 0 heterocycles. The number of nitriles is 1. The third-order valence-corrected chi connectivity index (χ3v) is 2.69. The van der Waals surface area contributed by atoms with E-state index in [1.807, 2.05) is 32.2 Å². The molecule has 0 saturated carbocycles. The lowest BCUT2D eigenvalue weighted by molar-refractivity contribution is -0.873. The van der Waals surface area contributed by atoms with Gasteiger partial charge in [-0.15, -0.1) is 0 Å². The number of ether oxygens (including phenoxy) is 1. The molecule has 0 aromatic heterocycles. The molecular weight excluding hydrogens is 242 g/mol. The summed E-state index contributed by atoms with van der Waals surface area (Å²) in [4.78, 5) is 12.8. The smallest absolute Gasteiger partial charge is 0.279 e. The predicted octanol–water partition coefficient (Wildman–Crippen LogP) is 0.308. The van der Waals surface area contributed by atoms with Crippen LogP contribution in [0.5, 0.6) is 5.75 Å². The van der Waals surface area contributed by atoms with Gasteiger partial charge in [0.1, 0.15) is 5.75 Å². The van der Waals surface area contributed by atoms with E-state index in [9.17, 15) is 4.79 Å². The number of benzene rings is 1. The van der Waals surface area contributed by atoms with E-state index in [-0.39, 0.29) is 11.8 Å². The molecule has 1 aromatic carbocycles. The highest BCUT2D eigenvalue weighted by atomic mass is 16.5. The van der Waals surface area contributed by atoms with E-state index in [2.05, 4.69) is 11.4 Å². The van der Waals surface area contributed by atoms with E-state index in [0.717, 1.165) is 4.90 Å². The minimum Gasteiger partial charge on any atom is -0.497 e. The number of anilines is 1. The standard InChI is InChI=1S/C14H19N3O2/c1-11(8-15)9-17(2)10-14(18)16-12-5-4-6-13(7-12)19-3/h4-7,11H,9-10H2,1-3H3,(H,16,18)/p+1/t11-/m0/s1. The maximum Gasteiger partial charge on any atom is 0.279 e. The van der Waals surface area contributed by atoms with Crippen LogP contribution in [0.1, 0.15) is 6.92 Å². The van der Waals surface area contributed by atoms with Gasteiger partial charge in [-0.25, -0.2) is 0 Å². The molecule has 1 rings (SSSR count). The summed E-state index contributed by atoms with van der Waals surface area (Å²) in [6.07, 6.45) is 0. The molecule has 0 radical (unpaired) electrons. The van der Waals surface area contributed by atoms with Crippen LogP contribution in [0.3, 0.4) is 0 Å². The summed E-state index contributed by atoms with van der Waals surface area (Å²) in [6, 6.07) is 9.39. The molecule has 0 fully saturated rings. The van der Waals surface area contributed by atoms with Crippen molar-refractivity contribution < 1.29 is 14.4 Å². The average molecular weight is 262 g/mol. The van der Waals surface area contributed by atoms with Crippen molar-refractivity contribution in [1.29, 1.82) is 5.26 Å². The number of likely N-dealkylation sites (N-methyl/N-ethyl adjacent to an activating group) is 1. The van der Waals surface area contributed by atoms with Gasteiger partial charge in [-0.3, -0.25) is 4.79 Å². The number of hydrogen-bond donors (Lipinski definition) is 2. The van der Waals surface area contributed by atoms with Crippen molar-refractivity contribution in [1.82, 2.24) is 0 Å². The van der Waals surface area contributed by atoms with E-state index >= 15 is 0 Å². The second kappa shape index (κ2) is 7.39. The zero-order valence-corrected chi connectivity index (χ0v) is 11.6. The molecule has 0 aliphatic rings. The highest BCUT2D eigenvalue weighted by Gasteiger charge is 2.13. The molecule has 2 atom stereocenters. The second-order valence-corrected chi connectivity index (χ2v) is 4.65. The largest absolute Gasteiger partial charge is 0.497 e. The zero-order chi connectivity index (χ0) is 14.3. The van der Waals surface area contributed by atoms with Crippen LogP contribution in [0.2, 0.25) is 0 Å². The molecule has 19 heavy (non-hydrogen) atoms. The number of nitrogens with zero attached hydrogens (tertiary/aromatic N) is 1. The van der Waals surface area contributed by atoms with Crippen molar-refractivity contribution in [3.05, 3.63) is 24.3 Å². The number of nitrogens with one attached hydrogen (secondary N) is 2. The Morgan fingerprint density at radius 2 is 2.32 bits per heavy atom. The topological polar surface area (TPSA) is 66.6 Å². The summed E-state index contributed by atoms with van der Waals surface area (Å²) in [5.74, 6) is 0.581. The Morgan fingerprint density at radius 3 is 2.95 bits per heavy atom. The van der Waals surface area contributed by atoms with Gasteiger partial charge in [-0.1, -0.05) is 6.07 Å². The fourth-order valence-electron chi connectivity index (χ4n) is 1.82. The van der Waals surface area contributed by atoms with Gasteiger partial charge in [0.2, 0.25) is 0 Å². The SMILES string of the molecule is COc1cccc(NC(=O)C[NH+](C)C[C@@H](C)C#N)c1. The third-order valence-electron chi connectivity index (χ3n) is 2.69. The Bertz CT molecular complexity index is 468. The molecule has 0 aliphatic heterocycles. The molecule has 0 aliphatic carbocycles. The van der Waals surface area contributed by atoms with E-state index in [4.69, 9.17) is 10.00 Å². The van der Waals surface area contributed by atoms with Crippen molar-refractivity contribution in [2.24, 2.45) is 5.92 Å². The number of carbonyl (C=O) groups excluding carboxylic acids is 1. The number of rotatable bonds is 6. The van der Waals surface area contributed by atoms with Gasteiger partial charge in [-0.2, -0.15) is 5.26 Å². The molecule has 0 spiro atoms. The number of carbonyl (C=O) groups is 1. The fourth-order valence-corrected chi connectivity index (χ4v) is 1.82. The molecular formula is C14H20N3O2+. The predicted molar refractivity (Wildman–Crippen MR) is 73.0 cm³/mol. The Labute approximate surface area is 113 Å². The maximum atomic E-state index is 11.8. The summed E-state index contributed by atoms with van der Waals surface area (Å²) >= 11 is 0. The van der Waals surface area contributed by atoms with Gasteiger partial charge in [-0.05, 0) is 19.1 Å². The molecule has 5 heteroatoms. The first-order chi connectivity index (χ1) is 9.05. The molecule has 1 amide bonds. The molecule has 0 bridgehead atoms. The third kappa shape index (κ3) is 5.40. The van der Waals surface area contributed by atoms with Crippen LogP contribution in [-0.2, 0) is 4.79 Å². The molecule has 2 N–H and O–H groups in total. The van der Waals surface area contributed by atoms with Crippen LogP contribution in [0.4, 0.5) is 5.69 Å². The van der Waals surface area contributed by atoms with Crippen LogP contribution in [-0.4, -0.2) is 33.2 Å². The Kier molecular flexibility index (Phi) is 5.83. The van der Waals surface area contributed by atoms with Gasteiger partial charge in [0, 0.05) is 11.8 Å². The molecule has 1 unspecified atom stereocenters. The fraction of sp³-hybridized carbons (Fsp3) is 0.429. The monoisotopic (exact) mass is 262 g/mol. The summed E-state index contributed by atoms with van der Waals surface area (Å²) in [7, 11) is 3.49.